The van der Waals surface area contributed by atoms with Gasteiger partial charge in [-0.3, -0.25) is 19.4 Å². The molecule has 0 unspecified atom stereocenters. The number of amides is 1. The number of aromatic nitrogens is 5. The average Bonchev–Trinajstić information content (AvgIpc) is 3.36. The molecule has 3 aromatic rings. The first-order chi connectivity index (χ1) is 19.1. The lowest BCUT2D eigenvalue weighted by molar-refractivity contribution is -0.134. The Morgan fingerprint density at radius 3 is 2.72 bits per heavy atom. The quantitative estimate of drug-likeness (QED) is 0.370. The van der Waals surface area contributed by atoms with Crippen molar-refractivity contribution >= 4 is 28.7 Å². The van der Waals surface area contributed by atoms with Gasteiger partial charge in [0.15, 0.2) is 5.82 Å². The summed E-state index contributed by atoms with van der Waals surface area (Å²) >= 11 is 0. The van der Waals surface area contributed by atoms with Gasteiger partial charge in [0.1, 0.15) is 22.5 Å². The van der Waals surface area contributed by atoms with Gasteiger partial charge in [-0.1, -0.05) is 13.3 Å². The Kier molecular flexibility index (Phi) is 8.72. The van der Waals surface area contributed by atoms with Crippen LogP contribution in [-0.4, -0.2) is 100 Å². The number of carbonyl (C=O) groups excluding carboxylic acids is 1. The molecule has 0 aromatic carbocycles. The maximum atomic E-state index is 12.8. The molecule has 2 saturated heterocycles. The summed E-state index contributed by atoms with van der Waals surface area (Å²) in [6.07, 6.45) is 7.56. The monoisotopic (exact) mass is 537 g/mol. The number of rotatable bonds is 10. The normalized spacial score (nSPS) is 17.0. The van der Waals surface area contributed by atoms with E-state index in [1.807, 2.05) is 15.8 Å². The Hall–Kier alpha value is -3.51. The van der Waals surface area contributed by atoms with Gasteiger partial charge in [-0.2, -0.15) is 10.1 Å². The van der Waals surface area contributed by atoms with E-state index in [1.165, 1.54) is 0 Å². The fraction of sp³-hybridized carbons (Fsp3) is 0.593. The fourth-order valence-electron chi connectivity index (χ4n) is 5.30. The number of carbonyl (C=O) groups is 1. The van der Waals surface area contributed by atoms with Gasteiger partial charge < -0.3 is 25.4 Å². The highest BCUT2D eigenvalue weighted by Crippen LogP contribution is 2.32. The number of pyridine rings is 1. The molecular formula is C27H39N9O3. The van der Waals surface area contributed by atoms with Crippen LogP contribution in [0.5, 0.6) is 5.75 Å². The Labute approximate surface area is 228 Å². The smallest absolute Gasteiger partial charge is 0.236 e. The first-order valence-electron chi connectivity index (χ1n) is 13.9. The van der Waals surface area contributed by atoms with E-state index < -0.39 is 0 Å². The van der Waals surface area contributed by atoms with Gasteiger partial charge in [0.05, 0.1) is 39.6 Å². The Morgan fingerprint density at radius 2 is 1.97 bits per heavy atom. The largest absolute Gasteiger partial charge is 0.495 e. The lowest BCUT2D eigenvalue weighted by atomic mass is 9.90. The van der Waals surface area contributed by atoms with Crippen molar-refractivity contribution in [3.63, 3.8) is 0 Å². The molecule has 5 heterocycles. The van der Waals surface area contributed by atoms with Crippen molar-refractivity contribution in [3.8, 4) is 5.75 Å². The van der Waals surface area contributed by atoms with E-state index in [2.05, 4.69) is 38.3 Å². The number of anilines is 2. The van der Waals surface area contributed by atoms with Gasteiger partial charge in [0, 0.05) is 38.9 Å². The number of hydrogen-bond donors (Lipinski definition) is 2. The molecule has 3 N–H and O–H groups in total. The molecule has 2 fully saturated rings. The second kappa shape index (κ2) is 12.6. The molecule has 5 rings (SSSR count). The van der Waals surface area contributed by atoms with Gasteiger partial charge in [-0.25, -0.2) is 4.98 Å². The Balaban J connectivity index is 1.25. The number of unbranched alkanes of at least 4 members (excludes halogenated alkanes) is 1. The minimum Gasteiger partial charge on any atom is -0.495 e. The topological polar surface area (TPSA) is 137 Å². The van der Waals surface area contributed by atoms with Crippen LogP contribution in [0.1, 0.15) is 49.8 Å². The summed E-state index contributed by atoms with van der Waals surface area (Å²) in [5.74, 6) is 2.16. The van der Waals surface area contributed by atoms with Gasteiger partial charge >= 0.3 is 0 Å². The number of ether oxygens (including phenoxy) is 2. The van der Waals surface area contributed by atoms with Crippen molar-refractivity contribution < 1.29 is 14.3 Å². The summed E-state index contributed by atoms with van der Waals surface area (Å²) in [7, 11) is 1.67. The first-order valence-corrected chi connectivity index (χ1v) is 13.9. The van der Waals surface area contributed by atoms with E-state index in [9.17, 15) is 4.79 Å². The van der Waals surface area contributed by atoms with Crippen LogP contribution in [0.15, 0.2) is 18.5 Å². The van der Waals surface area contributed by atoms with Crippen LogP contribution in [0, 0.1) is 0 Å². The SMILES string of the molecule is CCCCNc1nc(N)nc2cnn(Cc3ncc(C4CCN(C(=O)CN5CCOCC5)CC4)cc3OC)c12. The highest BCUT2D eigenvalue weighted by molar-refractivity contribution is 5.86. The van der Waals surface area contributed by atoms with Crippen molar-refractivity contribution in [3.05, 3.63) is 29.7 Å². The van der Waals surface area contributed by atoms with Crippen LogP contribution in [-0.2, 0) is 16.1 Å². The van der Waals surface area contributed by atoms with E-state index in [0.29, 0.717) is 43.6 Å². The van der Waals surface area contributed by atoms with E-state index in [0.717, 1.165) is 80.9 Å². The number of morpholine rings is 1. The summed E-state index contributed by atoms with van der Waals surface area (Å²) in [5.41, 5.74) is 9.33. The molecule has 0 radical (unpaired) electrons. The van der Waals surface area contributed by atoms with E-state index in [1.54, 1.807) is 13.3 Å². The molecule has 2 aliphatic rings. The molecular weight excluding hydrogens is 498 g/mol. The zero-order chi connectivity index (χ0) is 27.2. The summed E-state index contributed by atoms with van der Waals surface area (Å²) < 4.78 is 13.0. The third-order valence-corrected chi connectivity index (χ3v) is 7.58. The predicted molar refractivity (Wildman–Crippen MR) is 149 cm³/mol. The molecule has 2 aliphatic heterocycles. The number of hydrogen-bond acceptors (Lipinski definition) is 10. The molecule has 0 saturated carbocycles. The first kappa shape index (κ1) is 27.1. The standard InChI is InChI=1S/C27H39N9O3/c1-3-4-7-29-26-25-21(32-27(28)33-26)16-31-36(25)17-22-23(38-2)14-20(15-30-22)19-5-8-35(9-6-19)24(37)18-34-10-12-39-13-11-34/h14-16,19H,3-13,17-18H2,1-2H3,(H3,28,29,32,33). The van der Waals surface area contributed by atoms with E-state index in [4.69, 9.17) is 20.2 Å². The van der Waals surface area contributed by atoms with Crippen LogP contribution < -0.4 is 15.8 Å². The highest BCUT2D eigenvalue weighted by Gasteiger charge is 2.26. The van der Waals surface area contributed by atoms with Gasteiger partial charge in [0.25, 0.3) is 0 Å². The minimum absolute atomic E-state index is 0.210. The number of nitrogens with one attached hydrogen (secondary N) is 1. The zero-order valence-electron chi connectivity index (χ0n) is 22.9. The molecule has 0 bridgehead atoms. The number of piperidine rings is 1. The number of likely N-dealkylation sites (tertiary alicyclic amines) is 1. The van der Waals surface area contributed by atoms with Gasteiger partial charge in [0.2, 0.25) is 11.9 Å². The second-order valence-corrected chi connectivity index (χ2v) is 10.2. The van der Waals surface area contributed by atoms with Crippen molar-refractivity contribution in [1.82, 2.24) is 34.5 Å². The fourth-order valence-corrected chi connectivity index (χ4v) is 5.30. The van der Waals surface area contributed by atoms with Crippen molar-refractivity contribution in [2.75, 3.05) is 70.6 Å². The number of nitrogens with zero attached hydrogens (tertiary/aromatic N) is 7. The van der Waals surface area contributed by atoms with Crippen LogP contribution in [0.3, 0.4) is 0 Å². The molecule has 0 atom stereocenters. The van der Waals surface area contributed by atoms with Crippen LogP contribution >= 0.6 is 0 Å². The molecule has 210 valence electrons. The molecule has 0 aliphatic carbocycles. The third kappa shape index (κ3) is 6.39. The highest BCUT2D eigenvalue weighted by atomic mass is 16.5. The Morgan fingerprint density at radius 1 is 1.18 bits per heavy atom. The summed E-state index contributed by atoms with van der Waals surface area (Å²) in [6.45, 7) is 8.41. The van der Waals surface area contributed by atoms with Gasteiger partial charge in [-0.05, 0) is 36.8 Å². The lowest BCUT2D eigenvalue weighted by Crippen LogP contribution is -2.46. The molecule has 1 amide bonds. The maximum Gasteiger partial charge on any atom is 0.236 e. The maximum absolute atomic E-state index is 12.8. The Bertz CT molecular complexity index is 1270. The van der Waals surface area contributed by atoms with Crippen LogP contribution in [0.25, 0.3) is 11.0 Å². The summed E-state index contributed by atoms with van der Waals surface area (Å²) in [4.78, 5) is 30.5. The molecule has 0 spiro atoms. The van der Waals surface area contributed by atoms with Crippen LogP contribution in [0.2, 0.25) is 0 Å². The average molecular weight is 538 g/mol. The number of nitrogen functional groups attached to an aromatic ring is 1. The molecule has 12 heteroatoms. The molecule has 3 aromatic heterocycles. The van der Waals surface area contributed by atoms with E-state index in [-0.39, 0.29) is 11.9 Å². The second-order valence-electron chi connectivity index (χ2n) is 10.2. The van der Waals surface area contributed by atoms with Crippen molar-refractivity contribution in [2.45, 2.75) is 45.1 Å². The predicted octanol–water partition coefficient (Wildman–Crippen LogP) is 2.11. The van der Waals surface area contributed by atoms with E-state index >= 15 is 0 Å². The van der Waals surface area contributed by atoms with Crippen LogP contribution in [0.4, 0.5) is 11.8 Å². The third-order valence-electron chi connectivity index (χ3n) is 7.58. The van der Waals surface area contributed by atoms with Crippen molar-refractivity contribution in [2.24, 2.45) is 0 Å². The minimum atomic E-state index is 0.210. The summed E-state index contributed by atoms with van der Waals surface area (Å²) in [5, 5.41) is 7.93. The number of nitrogens with two attached hydrogens (primary N) is 1. The van der Waals surface area contributed by atoms with Crippen molar-refractivity contribution in [1.29, 1.82) is 0 Å². The number of methoxy groups -OCH3 is 1. The molecule has 12 nitrogen and oxygen atoms in total. The number of fused-ring (bicyclic) bond motifs is 1. The zero-order valence-corrected chi connectivity index (χ0v) is 22.9. The van der Waals surface area contributed by atoms with Gasteiger partial charge in [-0.15, -0.1) is 0 Å². The summed E-state index contributed by atoms with van der Waals surface area (Å²) in [6, 6.07) is 2.08. The molecule has 39 heavy (non-hydrogen) atoms. The lowest BCUT2D eigenvalue weighted by Gasteiger charge is -2.34.